The standard InChI is InChI=1S/C18H38N2O4/c1-5-6-7-8-9-10-16(12-11-15(2)20-18(19)21)24-14-13-17(22-3)23-4/h15-17H,5-14H2,1-4H3,(H3,19,20,21). The Morgan fingerprint density at radius 3 is 2.25 bits per heavy atom. The Hall–Kier alpha value is -0.850. The highest BCUT2D eigenvalue weighted by Gasteiger charge is 2.14. The lowest BCUT2D eigenvalue weighted by Gasteiger charge is -2.21. The minimum absolute atomic E-state index is 0.0689. The third-order valence-electron chi connectivity index (χ3n) is 4.17. The molecule has 0 aromatic rings. The summed E-state index contributed by atoms with van der Waals surface area (Å²) in [4.78, 5) is 10.9. The summed E-state index contributed by atoms with van der Waals surface area (Å²) in [6.45, 7) is 4.81. The maximum atomic E-state index is 10.9. The van der Waals surface area contributed by atoms with Crippen molar-refractivity contribution >= 4 is 6.03 Å². The summed E-state index contributed by atoms with van der Waals surface area (Å²) in [6, 6.07) is -0.401. The number of unbranched alkanes of at least 4 members (excludes halogenated alkanes) is 4. The second-order valence-corrected chi connectivity index (χ2v) is 6.37. The summed E-state index contributed by atoms with van der Waals surface area (Å²) in [5.74, 6) is 0. The molecule has 2 atom stereocenters. The number of primary amides is 1. The number of methoxy groups -OCH3 is 2. The number of rotatable bonds is 16. The maximum absolute atomic E-state index is 10.9. The molecule has 0 fully saturated rings. The van der Waals surface area contributed by atoms with Gasteiger partial charge in [-0.1, -0.05) is 39.0 Å². The number of carbonyl (C=O) groups is 1. The molecular weight excluding hydrogens is 308 g/mol. The number of nitrogens with one attached hydrogen (secondary N) is 1. The molecule has 3 N–H and O–H groups in total. The summed E-state index contributed by atoms with van der Waals surface area (Å²) in [5, 5.41) is 2.72. The van der Waals surface area contributed by atoms with Crippen molar-refractivity contribution in [2.24, 2.45) is 5.73 Å². The predicted octanol–water partition coefficient (Wildman–Crippen LogP) is 3.58. The van der Waals surface area contributed by atoms with Gasteiger partial charge in [0, 0.05) is 26.7 Å². The van der Waals surface area contributed by atoms with E-state index in [2.05, 4.69) is 12.2 Å². The van der Waals surface area contributed by atoms with E-state index in [0.29, 0.717) is 13.0 Å². The van der Waals surface area contributed by atoms with Gasteiger partial charge in [-0.25, -0.2) is 4.79 Å². The SMILES string of the molecule is CCCCCCCC(CCC(C)NC(N)=O)OCCC(OC)OC. The molecule has 0 aliphatic heterocycles. The van der Waals surface area contributed by atoms with Crippen LogP contribution in [0.3, 0.4) is 0 Å². The molecule has 0 radical (unpaired) electrons. The van der Waals surface area contributed by atoms with Gasteiger partial charge >= 0.3 is 6.03 Å². The highest BCUT2D eigenvalue weighted by Crippen LogP contribution is 2.15. The topological polar surface area (TPSA) is 82.8 Å². The summed E-state index contributed by atoms with van der Waals surface area (Å²) in [6.07, 6.45) is 9.82. The van der Waals surface area contributed by atoms with Crippen molar-refractivity contribution in [1.29, 1.82) is 0 Å². The van der Waals surface area contributed by atoms with Crippen molar-refractivity contribution in [2.75, 3.05) is 20.8 Å². The first-order valence-corrected chi connectivity index (χ1v) is 9.26. The van der Waals surface area contributed by atoms with Crippen LogP contribution in [0.1, 0.15) is 71.6 Å². The Morgan fingerprint density at radius 1 is 1.00 bits per heavy atom. The van der Waals surface area contributed by atoms with Crippen molar-refractivity contribution in [3.63, 3.8) is 0 Å². The van der Waals surface area contributed by atoms with Crippen molar-refractivity contribution in [2.45, 2.75) is 90.1 Å². The first kappa shape index (κ1) is 23.1. The van der Waals surface area contributed by atoms with Crippen LogP contribution >= 0.6 is 0 Å². The zero-order valence-electron chi connectivity index (χ0n) is 16.0. The number of nitrogens with two attached hydrogens (primary N) is 1. The van der Waals surface area contributed by atoms with Crippen LogP contribution in [-0.2, 0) is 14.2 Å². The van der Waals surface area contributed by atoms with E-state index >= 15 is 0 Å². The van der Waals surface area contributed by atoms with Gasteiger partial charge < -0.3 is 25.3 Å². The van der Waals surface area contributed by atoms with Gasteiger partial charge in [-0.15, -0.1) is 0 Å². The first-order valence-electron chi connectivity index (χ1n) is 9.26. The Morgan fingerprint density at radius 2 is 1.67 bits per heavy atom. The second-order valence-electron chi connectivity index (χ2n) is 6.37. The van der Waals surface area contributed by atoms with Gasteiger partial charge in [0.2, 0.25) is 0 Å². The molecule has 6 heteroatoms. The van der Waals surface area contributed by atoms with Crippen LogP contribution in [0.15, 0.2) is 0 Å². The van der Waals surface area contributed by atoms with E-state index in [1.807, 2.05) is 6.92 Å². The molecule has 144 valence electrons. The molecule has 0 spiro atoms. The van der Waals surface area contributed by atoms with Gasteiger partial charge in [0.1, 0.15) is 0 Å². The van der Waals surface area contributed by atoms with Gasteiger partial charge in [-0.3, -0.25) is 0 Å². The van der Waals surface area contributed by atoms with Crippen LogP contribution in [-0.4, -0.2) is 45.3 Å². The van der Waals surface area contributed by atoms with Gasteiger partial charge in [0.05, 0.1) is 12.7 Å². The van der Waals surface area contributed by atoms with E-state index in [1.54, 1.807) is 14.2 Å². The van der Waals surface area contributed by atoms with Crippen molar-refractivity contribution in [3.8, 4) is 0 Å². The Kier molecular flexibility index (Phi) is 15.1. The predicted molar refractivity (Wildman–Crippen MR) is 97.0 cm³/mol. The van der Waals surface area contributed by atoms with E-state index in [0.717, 1.165) is 19.3 Å². The van der Waals surface area contributed by atoms with Crippen LogP contribution < -0.4 is 11.1 Å². The van der Waals surface area contributed by atoms with Crippen LogP contribution in [0.2, 0.25) is 0 Å². The number of ether oxygens (including phenoxy) is 3. The number of hydrogen-bond donors (Lipinski definition) is 2. The number of hydrogen-bond acceptors (Lipinski definition) is 4. The van der Waals surface area contributed by atoms with Gasteiger partial charge in [0.25, 0.3) is 0 Å². The number of carbonyl (C=O) groups excluding carboxylic acids is 1. The minimum atomic E-state index is -0.470. The molecule has 0 aromatic carbocycles. The molecule has 0 bridgehead atoms. The molecule has 0 heterocycles. The molecular formula is C18H38N2O4. The molecule has 2 unspecified atom stereocenters. The van der Waals surface area contributed by atoms with E-state index < -0.39 is 6.03 Å². The van der Waals surface area contributed by atoms with Crippen molar-refractivity contribution < 1.29 is 19.0 Å². The highest BCUT2D eigenvalue weighted by atomic mass is 16.7. The van der Waals surface area contributed by atoms with Crippen LogP contribution in [0.5, 0.6) is 0 Å². The molecule has 0 rings (SSSR count). The molecule has 0 aromatic heterocycles. The fraction of sp³-hybridized carbons (Fsp3) is 0.944. The molecule has 6 nitrogen and oxygen atoms in total. The normalized spacial score (nSPS) is 13.9. The third kappa shape index (κ3) is 13.6. The minimum Gasteiger partial charge on any atom is -0.378 e. The fourth-order valence-corrected chi connectivity index (χ4v) is 2.70. The zero-order valence-corrected chi connectivity index (χ0v) is 16.0. The first-order chi connectivity index (χ1) is 11.5. The maximum Gasteiger partial charge on any atom is 0.312 e. The largest absolute Gasteiger partial charge is 0.378 e. The molecule has 24 heavy (non-hydrogen) atoms. The van der Waals surface area contributed by atoms with Gasteiger partial charge in [-0.2, -0.15) is 0 Å². The van der Waals surface area contributed by atoms with Gasteiger partial charge in [-0.05, 0) is 26.2 Å². The van der Waals surface area contributed by atoms with Crippen molar-refractivity contribution in [1.82, 2.24) is 5.32 Å². The zero-order chi connectivity index (χ0) is 18.2. The number of amides is 2. The smallest absolute Gasteiger partial charge is 0.312 e. The number of urea groups is 1. The fourth-order valence-electron chi connectivity index (χ4n) is 2.70. The Balaban J connectivity index is 4.14. The van der Waals surface area contributed by atoms with E-state index in [-0.39, 0.29) is 18.4 Å². The average Bonchev–Trinajstić information content (AvgIpc) is 2.55. The average molecular weight is 347 g/mol. The summed E-state index contributed by atoms with van der Waals surface area (Å²) in [5.41, 5.74) is 5.16. The third-order valence-corrected chi connectivity index (χ3v) is 4.17. The monoisotopic (exact) mass is 346 g/mol. The lowest BCUT2D eigenvalue weighted by atomic mass is 10.0. The summed E-state index contributed by atoms with van der Waals surface area (Å²) in [7, 11) is 3.27. The molecule has 0 aliphatic rings. The molecule has 0 saturated carbocycles. The quantitative estimate of drug-likeness (QED) is 0.330. The van der Waals surface area contributed by atoms with E-state index in [1.165, 1.54) is 32.1 Å². The van der Waals surface area contributed by atoms with E-state index in [9.17, 15) is 4.79 Å². The summed E-state index contributed by atoms with van der Waals surface area (Å²) >= 11 is 0. The lowest BCUT2D eigenvalue weighted by molar-refractivity contribution is -0.120. The van der Waals surface area contributed by atoms with Crippen molar-refractivity contribution in [3.05, 3.63) is 0 Å². The van der Waals surface area contributed by atoms with Gasteiger partial charge in [0.15, 0.2) is 6.29 Å². The second kappa shape index (κ2) is 15.7. The van der Waals surface area contributed by atoms with Crippen LogP contribution in [0.25, 0.3) is 0 Å². The summed E-state index contributed by atoms with van der Waals surface area (Å²) < 4.78 is 16.4. The lowest BCUT2D eigenvalue weighted by Crippen LogP contribution is -2.37. The van der Waals surface area contributed by atoms with Crippen LogP contribution in [0, 0.1) is 0 Å². The van der Waals surface area contributed by atoms with E-state index in [4.69, 9.17) is 19.9 Å². The Labute approximate surface area is 147 Å². The molecule has 2 amide bonds. The molecule has 0 saturated heterocycles. The Bertz CT molecular complexity index is 299. The molecule has 0 aliphatic carbocycles. The van der Waals surface area contributed by atoms with Crippen LogP contribution in [0.4, 0.5) is 4.79 Å². The highest BCUT2D eigenvalue weighted by molar-refractivity contribution is 5.71.